The van der Waals surface area contributed by atoms with Crippen LogP contribution in [0.3, 0.4) is 0 Å². The SMILES string of the molecule is CCNC(=NCc1ccc(CN2CCCC2=O)cc1)NCC(C)Oc1ccccc1OC. The zero-order valence-corrected chi connectivity index (χ0v) is 19.3. The van der Waals surface area contributed by atoms with Crippen LogP contribution in [0.5, 0.6) is 11.5 Å². The average molecular weight is 439 g/mol. The molecule has 0 aliphatic carbocycles. The fraction of sp³-hybridized carbons (Fsp3) is 0.440. The van der Waals surface area contributed by atoms with E-state index < -0.39 is 0 Å². The molecule has 7 heteroatoms. The van der Waals surface area contributed by atoms with Crippen LogP contribution in [0.1, 0.15) is 37.8 Å². The van der Waals surface area contributed by atoms with Crippen molar-refractivity contribution in [3.05, 3.63) is 59.7 Å². The number of carbonyl (C=O) groups is 1. The highest BCUT2D eigenvalue weighted by Crippen LogP contribution is 2.26. The molecule has 0 saturated carbocycles. The molecule has 1 fully saturated rings. The Kier molecular flexibility index (Phi) is 8.78. The van der Waals surface area contributed by atoms with E-state index in [1.807, 2.05) is 43.0 Å². The molecule has 32 heavy (non-hydrogen) atoms. The van der Waals surface area contributed by atoms with Gasteiger partial charge in [0, 0.05) is 26.1 Å². The summed E-state index contributed by atoms with van der Waals surface area (Å²) in [5, 5.41) is 6.62. The minimum absolute atomic E-state index is 0.0669. The van der Waals surface area contributed by atoms with E-state index in [0.717, 1.165) is 48.1 Å². The van der Waals surface area contributed by atoms with Crippen LogP contribution >= 0.6 is 0 Å². The van der Waals surface area contributed by atoms with E-state index in [4.69, 9.17) is 14.5 Å². The smallest absolute Gasteiger partial charge is 0.222 e. The number of hydrogen-bond acceptors (Lipinski definition) is 4. The predicted molar refractivity (Wildman–Crippen MR) is 127 cm³/mol. The molecule has 1 heterocycles. The van der Waals surface area contributed by atoms with Crippen LogP contribution in [0.2, 0.25) is 0 Å². The lowest BCUT2D eigenvalue weighted by atomic mass is 10.1. The van der Waals surface area contributed by atoms with E-state index in [0.29, 0.717) is 26.1 Å². The summed E-state index contributed by atoms with van der Waals surface area (Å²) in [5.41, 5.74) is 2.28. The normalized spacial score (nSPS) is 14.9. The predicted octanol–water partition coefficient (Wildman–Crippen LogP) is 3.34. The van der Waals surface area contributed by atoms with Crippen molar-refractivity contribution in [2.24, 2.45) is 4.99 Å². The molecule has 2 aromatic carbocycles. The number of aliphatic imine (C=N–C) groups is 1. The number of ether oxygens (including phenoxy) is 2. The standard InChI is InChI=1S/C25H34N4O3/c1-4-26-25(27-16-19(2)32-23-9-6-5-8-22(23)31-3)28-17-20-11-13-21(14-12-20)18-29-15-7-10-24(29)30/h5-6,8-9,11-14,19H,4,7,10,15-18H2,1-3H3,(H2,26,27,28). The maximum atomic E-state index is 11.8. The van der Waals surface area contributed by atoms with Gasteiger partial charge in [0.05, 0.1) is 20.2 Å². The Morgan fingerprint density at radius 2 is 1.81 bits per heavy atom. The molecule has 1 saturated heterocycles. The Morgan fingerprint density at radius 1 is 1.09 bits per heavy atom. The number of amides is 1. The Morgan fingerprint density at radius 3 is 2.47 bits per heavy atom. The third-order valence-corrected chi connectivity index (χ3v) is 5.29. The van der Waals surface area contributed by atoms with Crippen molar-refractivity contribution >= 4 is 11.9 Å². The lowest BCUT2D eigenvalue weighted by molar-refractivity contribution is -0.128. The largest absolute Gasteiger partial charge is 0.493 e. The molecule has 7 nitrogen and oxygen atoms in total. The maximum Gasteiger partial charge on any atom is 0.222 e. The fourth-order valence-electron chi connectivity index (χ4n) is 3.57. The molecule has 0 radical (unpaired) electrons. The van der Waals surface area contributed by atoms with Gasteiger partial charge >= 0.3 is 0 Å². The summed E-state index contributed by atoms with van der Waals surface area (Å²) < 4.78 is 11.4. The number of methoxy groups -OCH3 is 1. The van der Waals surface area contributed by atoms with Crippen LogP contribution in [-0.2, 0) is 17.9 Å². The summed E-state index contributed by atoms with van der Waals surface area (Å²) in [6, 6.07) is 16.0. The third kappa shape index (κ3) is 6.90. The first-order chi connectivity index (χ1) is 15.6. The molecule has 2 aromatic rings. The number of guanidine groups is 1. The Hall–Kier alpha value is -3.22. The summed E-state index contributed by atoms with van der Waals surface area (Å²) in [6.45, 7) is 7.55. The van der Waals surface area contributed by atoms with Gasteiger partial charge in [0.25, 0.3) is 0 Å². The number of nitrogens with one attached hydrogen (secondary N) is 2. The van der Waals surface area contributed by atoms with Crippen molar-refractivity contribution in [3.63, 3.8) is 0 Å². The zero-order chi connectivity index (χ0) is 22.8. The summed E-state index contributed by atoms with van der Waals surface area (Å²) in [7, 11) is 1.64. The molecular weight excluding hydrogens is 404 g/mol. The molecule has 1 aliphatic heterocycles. The Labute approximate surface area is 190 Å². The number of hydrogen-bond donors (Lipinski definition) is 2. The Bertz CT molecular complexity index is 898. The van der Waals surface area contributed by atoms with Crippen LogP contribution < -0.4 is 20.1 Å². The Balaban J connectivity index is 1.51. The third-order valence-electron chi connectivity index (χ3n) is 5.29. The van der Waals surface area contributed by atoms with E-state index in [1.54, 1.807) is 7.11 Å². The average Bonchev–Trinajstić information content (AvgIpc) is 3.21. The van der Waals surface area contributed by atoms with Crippen LogP contribution in [0, 0.1) is 0 Å². The number of carbonyl (C=O) groups excluding carboxylic acids is 1. The van der Waals surface area contributed by atoms with Crippen molar-refractivity contribution in [2.45, 2.75) is 45.9 Å². The summed E-state index contributed by atoms with van der Waals surface area (Å²) >= 11 is 0. The number of rotatable bonds is 10. The van der Waals surface area contributed by atoms with Gasteiger partial charge in [-0.3, -0.25) is 4.79 Å². The van der Waals surface area contributed by atoms with Crippen molar-refractivity contribution in [1.29, 1.82) is 0 Å². The lowest BCUT2D eigenvalue weighted by Crippen LogP contribution is -2.41. The number of benzene rings is 2. The topological polar surface area (TPSA) is 75.2 Å². The molecule has 0 spiro atoms. The van der Waals surface area contributed by atoms with Crippen LogP contribution in [0.25, 0.3) is 0 Å². The molecule has 2 N–H and O–H groups in total. The molecular formula is C25H34N4O3. The van der Waals surface area contributed by atoms with Crippen molar-refractivity contribution < 1.29 is 14.3 Å². The van der Waals surface area contributed by atoms with Crippen molar-refractivity contribution in [1.82, 2.24) is 15.5 Å². The highest BCUT2D eigenvalue weighted by Gasteiger charge is 2.19. The first kappa shape index (κ1) is 23.4. The van der Waals surface area contributed by atoms with Gasteiger partial charge in [-0.05, 0) is 43.5 Å². The summed E-state index contributed by atoms with van der Waals surface area (Å²) in [5.74, 6) is 2.44. The van der Waals surface area contributed by atoms with E-state index in [1.165, 1.54) is 0 Å². The van der Waals surface area contributed by atoms with E-state index in [2.05, 4.69) is 34.9 Å². The highest BCUT2D eigenvalue weighted by atomic mass is 16.5. The quantitative estimate of drug-likeness (QED) is 0.440. The maximum absolute atomic E-state index is 11.8. The number of para-hydroxylation sites is 2. The second kappa shape index (κ2) is 12.0. The first-order valence-electron chi connectivity index (χ1n) is 11.3. The van der Waals surface area contributed by atoms with Gasteiger partial charge in [-0.15, -0.1) is 0 Å². The van der Waals surface area contributed by atoms with Crippen LogP contribution in [0.15, 0.2) is 53.5 Å². The van der Waals surface area contributed by atoms with Crippen molar-refractivity contribution in [3.8, 4) is 11.5 Å². The van der Waals surface area contributed by atoms with Gasteiger partial charge in [-0.25, -0.2) is 4.99 Å². The molecule has 1 aliphatic rings. The first-order valence-corrected chi connectivity index (χ1v) is 11.3. The van der Waals surface area contributed by atoms with Gasteiger partial charge in [-0.2, -0.15) is 0 Å². The molecule has 1 atom stereocenters. The molecule has 172 valence electrons. The van der Waals surface area contributed by atoms with Crippen LogP contribution in [0.4, 0.5) is 0 Å². The zero-order valence-electron chi connectivity index (χ0n) is 19.3. The number of likely N-dealkylation sites (tertiary alicyclic amines) is 1. The van der Waals surface area contributed by atoms with E-state index >= 15 is 0 Å². The molecule has 1 unspecified atom stereocenters. The summed E-state index contributed by atoms with van der Waals surface area (Å²) in [4.78, 5) is 18.4. The second-order valence-corrected chi connectivity index (χ2v) is 7.89. The molecule has 1 amide bonds. The van der Waals surface area contributed by atoms with Gasteiger partial charge in [0.15, 0.2) is 17.5 Å². The second-order valence-electron chi connectivity index (χ2n) is 7.89. The minimum atomic E-state index is -0.0669. The molecule has 0 bridgehead atoms. The highest BCUT2D eigenvalue weighted by molar-refractivity contribution is 5.79. The fourth-order valence-corrected chi connectivity index (χ4v) is 3.57. The monoisotopic (exact) mass is 438 g/mol. The lowest BCUT2D eigenvalue weighted by Gasteiger charge is -2.19. The van der Waals surface area contributed by atoms with E-state index in [-0.39, 0.29) is 12.0 Å². The van der Waals surface area contributed by atoms with Gasteiger partial charge in [-0.1, -0.05) is 36.4 Å². The van der Waals surface area contributed by atoms with E-state index in [9.17, 15) is 4.79 Å². The van der Waals surface area contributed by atoms with Gasteiger partial charge < -0.3 is 25.0 Å². The van der Waals surface area contributed by atoms with Gasteiger partial charge in [0.1, 0.15) is 6.10 Å². The summed E-state index contributed by atoms with van der Waals surface area (Å²) in [6.07, 6.45) is 1.58. The van der Waals surface area contributed by atoms with Crippen molar-refractivity contribution in [2.75, 3.05) is 26.7 Å². The van der Waals surface area contributed by atoms with Gasteiger partial charge in [0.2, 0.25) is 5.91 Å². The number of nitrogens with zero attached hydrogens (tertiary/aromatic N) is 2. The van der Waals surface area contributed by atoms with Crippen LogP contribution in [-0.4, -0.2) is 49.6 Å². The minimum Gasteiger partial charge on any atom is -0.493 e. The molecule has 0 aromatic heterocycles. The molecule has 3 rings (SSSR count).